The third-order valence-electron chi connectivity index (χ3n) is 2.74. The highest BCUT2D eigenvalue weighted by Gasteiger charge is 2.32. The molecular formula is C15H20F3N3O2. The first-order valence-electron chi connectivity index (χ1n) is 6.92. The van der Waals surface area contributed by atoms with Crippen LogP contribution in [0.4, 0.5) is 23.7 Å². The van der Waals surface area contributed by atoms with E-state index < -0.39 is 29.2 Å². The molecule has 5 nitrogen and oxygen atoms in total. The van der Waals surface area contributed by atoms with Gasteiger partial charge in [0.2, 0.25) is 5.91 Å². The second kappa shape index (κ2) is 6.89. The lowest BCUT2D eigenvalue weighted by atomic mass is 10.1. The number of hydrogen-bond acceptors (Lipinski definition) is 3. The van der Waals surface area contributed by atoms with Gasteiger partial charge in [-0.1, -0.05) is 6.07 Å². The Labute approximate surface area is 132 Å². The standard InChI is InChI=1S/C15H20F3N3O2/c1-9-5-6-10(7-11(9)15(16,17)18)19-8-12(22)20-13(23)21-14(2,3)4/h5-7,19H,8H2,1-4H3,(H2,20,21,22,23). The summed E-state index contributed by atoms with van der Waals surface area (Å²) in [5, 5.41) is 7.19. The van der Waals surface area contributed by atoms with Gasteiger partial charge in [0.05, 0.1) is 12.1 Å². The van der Waals surface area contributed by atoms with E-state index in [0.29, 0.717) is 0 Å². The van der Waals surface area contributed by atoms with Crippen LogP contribution in [-0.2, 0) is 11.0 Å². The Morgan fingerprint density at radius 2 is 1.74 bits per heavy atom. The molecule has 1 rings (SSSR count). The van der Waals surface area contributed by atoms with Crippen LogP contribution in [0.5, 0.6) is 0 Å². The molecule has 0 spiro atoms. The molecular weight excluding hydrogens is 311 g/mol. The molecule has 3 amide bonds. The summed E-state index contributed by atoms with van der Waals surface area (Å²) in [6.07, 6.45) is -4.46. The van der Waals surface area contributed by atoms with Gasteiger partial charge in [0.25, 0.3) is 0 Å². The Morgan fingerprint density at radius 3 is 2.26 bits per heavy atom. The van der Waals surface area contributed by atoms with Gasteiger partial charge in [-0.15, -0.1) is 0 Å². The molecule has 0 atom stereocenters. The van der Waals surface area contributed by atoms with E-state index in [1.807, 2.05) is 0 Å². The molecule has 0 unspecified atom stereocenters. The molecule has 0 aliphatic heterocycles. The minimum absolute atomic E-state index is 0.0945. The summed E-state index contributed by atoms with van der Waals surface area (Å²) >= 11 is 0. The molecule has 0 saturated heterocycles. The molecule has 23 heavy (non-hydrogen) atoms. The fraction of sp³-hybridized carbons (Fsp3) is 0.467. The number of rotatable bonds is 3. The number of carbonyl (C=O) groups is 2. The summed E-state index contributed by atoms with van der Waals surface area (Å²) in [6, 6.07) is 3.02. The highest BCUT2D eigenvalue weighted by Crippen LogP contribution is 2.33. The summed E-state index contributed by atoms with van der Waals surface area (Å²) in [5.74, 6) is -0.652. The van der Waals surface area contributed by atoms with E-state index in [4.69, 9.17) is 0 Å². The molecule has 0 bridgehead atoms. The van der Waals surface area contributed by atoms with Crippen molar-refractivity contribution in [3.8, 4) is 0 Å². The molecule has 0 saturated carbocycles. The smallest absolute Gasteiger partial charge is 0.376 e. The number of benzene rings is 1. The fourth-order valence-electron chi connectivity index (χ4n) is 1.76. The number of carbonyl (C=O) groups excluding carboxylic acids is 2. The SMILES string of the molecule is Cc1ccc(NCC(=O)NC(=O)NC(C)(C)C)cc1C(F)(F)F. The zero-order chi connectivity index (χ0) is 17.8. The first-order chi connectivity index (χ1) is 10.4. The van der Waals surface area contributed by atoms with Gasteiger partial charge in [0, 0.05) is 11.2 Å². The number of amides is 3. The third-order valence-corrected chi connectivity index (χ3v) is 2.74. The Balaban J connectivity index is 2.62. The van der Waals surface area contributed by atoms with E-state index >= 15 is 0 Å². The van der Waals surface area contributed by atoms with E-state index in [1.165, 1.54) is 19.1 Å². The number of halogens is 3. The van der Waals surface area contributed by atoms with Crippen LogP contribution in [-0.4, -0.2) is 24.0 Å². The van der Waals surface area contributed by atoms with E-state index in [2.05, 4.69) is 16.0 Å². The highest BCUT2D eigenvalue weighted by molar-refractivity contribution is 5.96. The maximum absolute atomic E-state index is 12.8. The summed E-state index contributed by atoms with van der Waals surface area (Å²) in [6.45, 7) is 6.29. The third kappa shape index (κ3) is 6.58. The minimum Gasteiger partial charge on any atom is -0.376 e. The van der Waals surface area contributed by atoms with Gasteiger partial charge < -0.3 is 10.6 Å². The molecule has 3 N–H and O–H groups in total. The van der Waals surface area contributed by atoms with Crippen LogP contribution in [0.3, 0.4) is 0 Å². The molecule has 0 aliphatic rings. The summed E-state index contributed by atoms with van der Waals surface area (Å²) < 4.78 is 38.4. The summed E-state index contributed by atoms with van der Waals surface area (Å²) in [7, 11) is 0. The van der Waals surface area contributed by atoms with Gasteiger partial charge in [-0.3, -0.25) is 10.1 Å². The number of alkyl halides is 3. The average Bonchev–Trinajstić information content (AvgIpc) is 2.33. The average molecular weight is 331 g/mol. The van der Waals surface area contributed by atoms with Crippen molar-refractivity contribution in [2.45, 2.75) is 39.4 Å². The van der Waals surface area contributed by atoms with Gasteiger partial charge >= 0.3 is 12.2 Å². The first-order valence-corrected chi connectivity index (χ1v) is 6.92. The van der Waals surface area contributed by atoms with Crippen molar-refractivity contribution in [1.82, 2.24) is 10.6 Å². The molecule has 0 fully saturated rings. The zero-order valence-electron chi connectivity index (χ0n) is 13.4. The first kappa shape index (κ1) is 18.8. The van der Waals surface area contributed by atoms with Crippen LogP contribution < -0.4 is 16.0 Å². The molecule has 0 heterocycles. The molecule has 1 aromatic carbocycles. The monoisotopic (exact) mass is 331 g/mol. The zero-order valence-corrected chi connectivity index (χ0v) is 13.4. The van der Waals surface area contributed by atoms with Crippen LogP contribution >= 0.6 is 0 Å². The van der Waals surface area contributed by atoms with Gasteiger partial charge in [-0.05, 0) is 45.4 Å². The van der Waals surface area contributed by atoms with Crippen molar-refractivity contribution >= 4 is 17.6 Å². The minimum atomic E-state index is -4.46. The van der Waals surface area contributed by atoms with Gasteiger partial charge in [0.1, 0.15) is 0 Å². The largest absolute Gasteiger partial charge is 0.416 e. The number of imide groups is 1. The van der Waals surface area contributed by atoms with Crippen LogP contribution in [0.1, 0.15) is 31.9 Å². The van der Waals surface area contributed by atoms with Crippen LogP contribution in [0, 0.1) is 6.92 Å². The van der Waals surface area contributed by atoms with Gasteiger partial charge in [0.15, 0.2) is 0 Å². The second-order valence-corrected chi connectivity index (χ2v) is 6.13. The van der Waals surface area contributed by atoms with Crippen molar-refractivity contribution in [1.29, 1.82) is 0 Å². The predicted molar refractivity (Wildman–Crippen MR) is 81.1 cm³/mol. The van der Waals surface area contributed by atoms with E-state index in [-0.39, 0.29) is 17.8 Å². The molecule has 1 aromatic rings. The van der Waals surface area contributed by atoms with E-state index in [1.54, 1.807) is 20.8 Å². The summed E-state index contributed by atoms with van der Waals surface area (Å²) in [4.78, 5) is 23.1. The number of nitrogens with one attached hydrogen (secondary N) is 3. The van der Waals surface area contributed by atoms with Gasteiger partial charge in [-0.25, -0.2) is 4.79 Å². The highest BCUT2D eigenvalue weighted by atomic mass is 19.4. The fourth-order valence-corrected chi connectivity index (χ4v) is 1.76. The van der Waals surface area contributed by atoms with Crippen molar-refractivity contribution < 1.29 is 22.8 Å². The lowest BCUT2D eigenvalue weighted by Crippen LogP contribution is -2.49. The van der Waals surface area contributed by atoms with Crippen LogP contribution in [0.2, 0.25) is 0 Å². The maximum Gasteiger partial charge on any atom is 0.416 e. The molecule has 0 aliphatic carbocycles. The molecule has 0 aromatic heterocycles. The number of hydrogen-bond donors (Lipinski definition) is 3. The molecule has 128 valence electrons. The lowest BCUT2D eigenvalue weighted by Gasteiger charge is -2.20. The predicted octanol–water partition coefficient (Wildman–Crippen LogP) is 3.05. The van der Waals surface area contributed by atoms with E-state index in [0.717, 1.165) is 6.07 Å². The van der Waals surface area contributed by atoms with Crippen molar-refractivity contribution in [2.75, 3.05) is 11.9 Å². The van der Waals surface area contributed by atoms with Crippen LogP contribution in [0.25, 0.3) is 0 Å². The Bertz CT molecular complexity index is 593. The van der Waals surface area contributed by atoms with Crippen LogP contribution in [0.15, 0.2) is 18.2 Å². The van der Waals surface area contributed by atoms with Gasteiger partial charge in [-0.2, -0.15) is 13.2 Å². The van der Waals surface area contributed by atoms with E-state index in [9.17, 15) is 22.8 Å². The second-order valence-electron chi connectivity index (χ2n) is 6.13. The quantitative estimate of drug-likeness (QED) is 0.797. The molecule has 0 radical (unpaired) electrons. The number of urea groups is 1. The Kier molecular flexibility index (Phi) is 5.63. The number of anilines is 1. The maximum atomic E-state index is 12.8. The van der Waals surface area contributed by atoms with Crippen molar-refractivity contribution in [3.05, 3.63) is 29.3 Å². The molecule has 8 heteroatoms. The normalized spacial score (nSPS) is 11.8. The Morgan fingerprint density at radius 1 is 1.13 bits per heavy atom. The van der Waals surface area contributed by atoms with Crippen molar-refractivity contribution in [2.24, 2.45) is 0 Å². The number of aryl methyl sites for hydroxylation is 1. The Hall–Kier alpha value is -2.25. The van der Waals surface area contributed by atoms with Crippen molar-refractivity contribution in [3.63, 3.8) is 0 Å². The lowest BCUT2D eigenvalue weighted by molar-refractivity contribution is -0.138. The topological polar surface area (TPSA) is 70.2 Å². The summed E-state index contributed by atoms with van der Waals surface area (Å²) in [5.41, 5.74) is -1.03.